The van der Waals surface area contributed by atoms with E-state index in [1.165, 1.54) is 0 Å². The van der Waals surface area contributed by atoms with Crippen LogP contribution in [0.15, 0.2) is 54.6 Å². The molecule has 4 rings (SSSR count). The van der Waals surface area contributed by atoms with Crippen LogP contribution in [0.4, 0.5) is 5.69 Å². The molecule has 3 aromatic rings. The van der Waals surface area contributed by atoms with Crippen molar-refractivity contribution < 1.29 is 14.3 Å². The summed E-state index contributed by atoms with van der Waals surface area (Å²) in [5, 5.41) is 2.12. The van der Waals surface area contributed by atoms with E-state index in [0.29, 0.717) is 13.1 Å². The summed E-state index contributed by atoms with van der Waals surface area (Å²) in [6, 6.07) is 17.9. The van der Waals surface area contributed by atoms with E-state index in [-0.39, 0.29) is 12.5 Å². The SMILES string of the molecule is Cc1cc(N2CCN(C(=O)COc3cccc4ccccc34)CC2)c(C)cc1C=O. The first-order valence-corrected chi connectivity index (χ1v) is 10.3. The van der Waals surface area contributed by atoms with Crippen molar-refractivity contribution in [3.63, 3.8) is 0 Å². The van der Waals surface area contributed by atoms with Crippen molar-refractivity contribution in [3.8, 4) is 5.75 Å². The van der Waals surface area contributed by atoms with Crippen LogP contribution in [0.2, 0.25) is 0 Å². The number of amides is 1. The van der Waals surface area contributed by atoms with Gasteiger partial charge >= 0.3 is 0 Å². The number of piperazine rings is 1. The van der Waals surface area contributed by atoms with E-state index >= 15 is 0 Å². The zero-order valence-corrected chi connectivity index (χ0v) is 17.4. The standard InChI is InChI=1S/C25H26N2O3/c1-18-15-23(19(2)14-21(18)16-28)26-10-12-27(13-11-26)25(29)17-30-24-9-5-7-20-6-3-4-8-22(20)24/h3-9,14-16H,10-13,17H2,1-2H3. The van der Waals surface area contributed by atoms with Crippen molar-refractivity contribution in [3.05, 3.63) is 71.3 Å². The number of aldehydes is 1. The van der Waals surface area contributed by atoms with E-state index in [1.54, 1.807) is 0 Å². The van der Waals surface area contributed by atoms with Crippen LogP contribution in [0, 0.1) is 13.8 Å². The third-order valence-electron chi connectivity index (χ3n) is 5.79. The van der Waals surface area contributed by atoms with Gasteiger partial charge in [-0.25, -0.2) is 0 Å². The number of nitrogens with zero attached hydrogens (tertiary/aromatic N) is 2. The third-order valence-corrected chi connectivity index (χ3v) is 5.79. The van der Waals surface area contributed by atoms with Crippen molar-refractivity contribution in [2.75, 3.05) is 37.7 Å². The minimum atomic E-state index is 0.00629. The molecule has 0 bridgehead atoms. The lowest BCUT2D eigenvalue weighted by Crippen LogP contribution is -2.50. The molecule has 0 aliphatic carbocycles. The topological polar surface area (TPSA) is 49.9 Å². The highest BCUT2D eigenvalue weighted by molar-refractivity contribution is 5.88. The number of fused-ring (bicyclic) bond motifs is 1. The number of aryl methyl sites for hydroxylation is 2. The number of benzene rings is 3. The van der Waals surface area contributed by atoms with E-state index in [0.717, 1.165) is 58.3 Å². The van der Waals surface area contributed by atoms with Crippen LogP contribution in [0.25, 0.3) is 10.8 Å². The van der Waals surface area contributed by atoms with Crippen molar-refractivity contribution in [2.45, 2.75) is 13.8 Å². The molecule has 1 fully saturated rings. The van der Waals surface area contributed by atoms with Gasteiger partial charge in [0.15, 0.2) is 6.61 Å². The Balaban J connectivity index is 1.37. The lowest BCUT2D eigenvalue weighted by molar-refractivity contribution is -0.133. The van der Waals surface area contributed by atoms with Gasteiger partial charge in [0, 0.05) is 42.8 Å². The molecule has 0 atom stereocenters. The Hall–Kier alpha value is -3.34. The van der Waals surface area contributed by atoms with Gasteiger partial charge in [0.05, 0.1) is 0 Å². The van der Waals surface area contributed by atoms with Gasteiger partial charge in [0.2, 0.25) is 0 Å². The summed E-state index contributed by atoms with van der Waals surface area (Å²) in [7, 11) is 0. The van der Waals surface area contributed by atoms with Gasteiger partial charge < -0.3 is 14.5 Å². The molecule has 30 heavy (non-hydrogen) atoms. The van der Waals surface area contributed by atoms with E-state index in [9.17, 15) is 9.59 Å². The summed E-state index contributed by atoms with van der Waals surface area (Å²) in [5.74, 6) is 0.744. The Morgan fingerprint density at radius 3 is 2.47 bits per heavy atom. The summed E-state index contributed by atoms with van der Waals surface area (Å²) in [5.41, 5.74) is 3.93. The zero-order valence-electron chi connectivity index (χ0n) is 17.4. The smallest absolute Gasteiger partial charge is 0.260 e. The van der Waals surface area contributed by atoms with Crippen LogP contribution in [-0.2, 0) is 4.79 Å². The van der Waals surface area contributed by atoms with Crippen molar-refractivity contribution in [2.24, 2.45) is 0 Å². The van der Waals surface area contributed by atoms with Crippen molar-refractivity contribution in [1.82, 2.24) is 4.90 Å². The maximum absolute atomic E-state index is 12.7. The molecule has 1 saturated heterocycles. The second-order valence-corrected chi connectivity index (χ2v) is 7.75. The molecule has 5 heteroatoms. The number of anilines is 1. The average Bonchev–Trinajstić information content (AvgIpc) is 2.78. The lowest BCUT2D eigenvalue weighted by atomic mass is 10.0. The average molecular weight is 402 g/mol. The molecule has 1 heterocycles. The van der Waals surface area contributed by atoms with E-state index in [4.69, 9.17) is 4.74 Å². The lowest BCUT2D eigenvalue weighted by Gasteiger charge is -2.37. The number of hydrogen-bond acceptors (Lipinski definition) is 4. The van der Waals surface area contributed by atoms with E-state index in [1.807, 2.05) is 67.3 Å². The number of hydrogen-bond donors (Lipinski definition) is 0. The van der Waals surface area contributed by atoms with Crippen LogP contribution in [0.3, 0.4) is 0 Å². The second kappa shape index (κ2) is 8.57. The highest BCUT2D eigenvalue weighted by Crippen LogP contribution is 2.26. The molecule has 0 saturated carbocycles. The van der Waals surface area contributed by atoms with Gasteiger partial charge in [-0.15, -0.1) is 0 Å². The molecule has 1 aliphatic rings. The Bertz CT molecular complexity index is 1080. The first-order chi connectivity index (χ1) is 14.6. The Labute approximate surface area is 176 Å². The predicted molar refractivity (Wildman–Crippen MR) is 120 cm³/mol. The summed E-state index contributed by atoms with van der Waals surface area (Å²) in [6.07, 6.45) is 0.901. The highest BCUT2D eigenvalue weighted by Gasteiger charge is 2.23. The molecule has 1 aliphatic heterocycles. The molecule has 0 aromatic heterocycles. The van der Waals surface area contributed by atoms with Crippen LogP contribution >= 0.6 is 0 Å². The molecular formula is C25H26N2O3. The minimum Gasteiger partial charge on any atom is -0.483 e. The molecule has 0 unspecified atom stereocenters. The molecule has 3 aromatic carbocycles. The molecule has 5 nitrogen and oxygen atoms in total. The number of ether oxygens (including phenoxy) is 1. The van der Waals surface area contributed by atoms with Gasteiger partial charge in [-0.3, -0.25) is 9.59 Å². The minimum absolute atomic E-state index is 0.00629. The highest BCUT2D eigenvalue weighted by atomic mass is 16.5. The summed E-state index contributed by atoms with van der Waals surface area (Å²) in [4.78, 5) is 28.0. The molecule has 0 N–H and O–H groups in total. The number of rotatable bonds is 5. The van der Waals surface area contributed by atoms with Gasteiger partial charge in [-0.1, -0.05) is 36.4 Å². The fourth-order valence-electron chi connectivity index (χ4n) is 4.04. The van der Waals surface area contributed by atoms with E-state index in [2.05, 4.69) is 11.0 Å². The fourth-order valence-corrected chi connectivity index (χ4v) is 4.04. The fraction of sp³-hybridized carbons (Fsp3) is 0.280. The first kappa shape index (κ1) is 20.0. The van der Waals surface area contributed by atoms with Gasteiger partial charge in [0.25, 0.3) is 5.91 Å². The Morgan fingerprint density at radius 2 is 1.70 bits per heavy atom. The van der Waals surface area contributed by atoms with Crippen LogP contribution in [0.1, 0.15) is 21.5 Å². The molecule has 0 radical (unpaired) electrons. The third kappa shape index (κ3) is 4.01. The zero-order chi connectivity index (χ0) is 21.1. The van der Waals surface area contributed by atoms with E-state index < -0.39 is 0 Å². The number of carbonyl (C=O) groups is 2. The summed E-state index contributed by atoms with van der Waals surface area (Å²) in [6.45, 7) is 6.87. The van der Waals surface area contributed by atoms with Crippen LogP contribution in [-0.4, -0.2) is 49.9 Å². The Kier molecular flexibility index (Phi) is 5.70. The summed E-state index contributed by atoms with van der Waals surface area (Å²) < 4.78 is 5.87. The molecule has 1 amide bonds. The quantitative estimate of drug-likeness (QED) is 0.606. The first-order valence-electron chi connectivity index (χ1n) is 10.3. The van der Waals surface area contributed by atoms with Gasteiger partial charge in [-0.2, -0.15) is 0 Å². The molecule has 0 spiro atoms. The maximum atomic E-state index is 12.7. The normalized spacial score (nSPS) is 14.1. The second-order valence-electron chi connectivity index (χ2n) is 7.75. The molecular weight excluding hydrogens is 376 g/mol. The van der Waals surface area contributed by atoms with Crippen LogP contribution < -0.4 is 9.64 Å². The summed E-state index contributed by atoms with van der Waals surface area (Å²) >= 11 is 0. The molecule has 154 valence electrons. The maximum Gasteiger partial charge on any atom is 0.260 e. The Morgan fingerprint density at radius 1 is 0.967 bits per heavy atom. The largest absolute Gasteiger partial charge is 0.483 e. The van der Waals surface area contributed by atoms with Crippen molar-refractivity contribution in [1.29, 1.82) is 0 Å². The predicted octanol–water partition coefficient (Wildman–Crippen LogP) is 4.00. The monoisotopic (exact) mass is 402 g/mol. The van der Waals surface area contributed by atoms with Crippen LogP contribution in [0.5, 0.6) is 5.75 Å². The van der Waals surface area contributed by atoms with Crippen molar-refractivity contribution >= 4 is 28.7 Å². The number of carbonyl (C=O) groups excluding carboxylic acids is 2. The van der Waals surface area contributed by atoms with Gasteiger partial charge in [0.1, 0.15) is 12.0 Å². The van der Waals surface area contributed by atoms with Gasteiger partial charge in [-0.05, 0) is 48.6 Å².